The molecule has 172 valence electrons. The van der Waals surface area contributed by atoms with E-state index in [0.717, 1.165) is 14.9 Å². The molecule has 0 radical (unpaired) electrons. The third-order valence-corrected chi connectivity index (χ3v) is 8.36. The van der Waals surface area contributed by atoms with Gasteiger partial charge in [0.15, 0.2) is 5.82 Å². The van der Waals surface area contributed by atoms with E-state index in [4.69, 9.17) is 16.3 Å². The van der Waals surface area contributed by atoms with E-state index in [0.29, 0.717) is 28.7 Å². The molecule has 4 aromatic rings. The van der Waals surface area contributed by atoms with E-state index >= 15 is 0 Å². The van der Waals surface area contributed by atoms with Crippen LogP contribution in [0.4, 0.5) is 5.95 Å². The first kappa shape index (κ1) is 23.7. The lowest BCUT2D eigenvalue weighted by molar-refractivity contribution is 0.413. The first-order chi connectivity index (χ1) is 15.8. The quantitative estimate of drug-likeness (QED) is 0.284. The van der Waals surface area contributed by atoms with Crippen LogP contribution in [0, 0.1) is 0 Å². The van der Waals surface area contributed by atoms with Gasteiger partial charge in [-0.3, -0.25) is 4.57 Å². The fourth-order valence-corrected chi connectivity index (χ4v) is 5.57. The van der Waals surface area contributed by atoms with Crippen molar-refractivity contribution in [3.05, 3.63) is 75.0 Å². The summed E-state index contributed by atoms with van der Waals surface area (Å²) in [5.74, 6) is 1.16. The standard InChI is InChI=1S/C22H20BrClN4O3S2/c1-27(33(29,30)13-11-15-5-8-17(24)9-6-15)22-26-25-21(20-4-3-12-32-20)28(22)18-14-16(23)7-10-19(18)31-2/h3-10,12,14H,11,13H2,1-2H3. The SMILES string of the molecule is COc1ccc(Br)cc1-n1c(-c2cccs2)nnc1N(C)S(=O)(=O)CCc1ccc(Cl)cc1. The summed E-state index contributed by atoms with van der Waals surface area (Å²) in [7, 11) is -0.659. The molecule has 2 aromatic heterocycles. The summed E-state index contributed by atoms with van der Waals surface area (Å²) in [6.07, 6.45) is 0.343. The van der Waals surface area contributed by atoms with Gasteiger partial charge in [0.25, 0.3) is 0 Å². The minimum Gasteiger partial charge on any atom is -0.495 e. The van der Waals surface area contributed by atoms with E-state index in [-0.39, 0.29) is 11.7 Å². The van der Waals surface area contributed by atoms with Crippen molar-refractivity contribution in [2.45, 2.75) is 6.42 Å². The minimum atomic E-state index is -3.71. The second-order valence-electron chi connectivity index (χ2n) is 7.11. The fourth-order valence-electron chi connectivity index (χ4n) is 3.26. The van der Waals surface area contributed by atoms with E-state index in [1.807, 2.05) is 41.8 Å². The average Bonchev–Trinajstić information content (AvgIpc) is 3.48. The molecule has 0 amide bonds. The number of nitrogens with zero attached hydrogens (tertiary/aromatic N) is 4. The van der Waals surface area contributed by atoms with Gasteiger partial charge in [-0.05, 0) is 53.8 Å². The average molecular weight is 568 g/mol. The molecule has 0 spiro atoms. The Morgan fingerprint density at radius 1 is 1.15 bits per heavy atom. The summed E-state index contributed by atoms with van der Waals surface area (Å²) >= 11 is 10.9. The van der Waals surface area contributed by atoms with Gasteiger partial charge in [0.05, 0.1) is 23.4 Å². The predicted molar refractivity (Wildman–Crippen MR) is 136 cm³/mol. The van der Waals surface area contributed by atoms with Crippen LogP contribution in [0.25, 0.3) is 16.4 Å². The summed E-state index contributed by atoms with van der Waals surface area (Å²) in [5, 5.41) is 11.1. The van der Waals surface area contributed by atoms with Gasteiger partial charge >= 0.3 is 0 Å². The van der Waals surface area contributed by atoms with Crippen molar-refractivity contribution in [1.82, 2.24) is 14.8 Å². The maximum Gasteiger partial charge on any atom is 0.245 e. The highest BCUT2D eigenvalue weighted by Gasteiger charge is 2.28. The monoisotopic (exact) mass is 566 g/mol. The lowest BCUT2D eigenvalue weighted by Gasteiger charge is -2.21. The van der Waals surface area contributed by atoms with Crippen LogP contribution in [0.3, 0.4) is 0 Å². The van der Waals surface area contributed by atoms with Gasteiger partial charge in [0.1, 0.15) is 5.75 Å². The van der Waals surface area contributed by atoms with Gasteiger partial charge in [0, 0.05) is 16.5 Å². The van der Waals surface area contributed by atoms with Gasteiger partial charge in [-0.1, -0.05) is 45.7 Å². The zero-order valence-electron chi connectivity index (χ0n) is 17.8. The van der Waals surface area contributed by atoms with Crippen LogP contribution >= 0.6 is 38.9 Å². The maximum atomic E-state index is 13.3. The van der Waals surface area contributed by atoms with E-state index in [1.54, 1.807) is 29.9 Å². The predicted octanol–water partition coefficient (Wildman–Crippen LogP) is 5.43. The Balaban J connectivity index is 1.76. The fraction of sp³-hybridized carbons (Fsp3) is 0.182. The molecule has 0 atom stereocenters. The van der Waals surface area contributed by atoms with Gasteiger partial charge < -0.3 is 4.74 Å². The van der Waals surface area contributed by atoms with E-state index in [1.165, 1.54) is 22.7 Å². The molecule has 0 aliphatic rings. The number of aromatic nitrogens is 3. The first-order valence-corrected chi connectivity index (χ1v) is 13.5. The number of rotatable bonds is 8. The summed E-state index contributed by atoms with van der Waals surface area (Å²) in [6, 6.07) is 16.5. The number of thiophene rings is 1. The van der Waals surface area contributed by atoms with E-state index in [2.05, 4.69) is 26.1 Å². The van der Waals surface area contributed by atoms with Gasteiger partial charge in [0.2, 0.25) is 16.0 Å². The normalized spacial score (nSPS) is 11.5. The Labute approximate surface area is 209 Å². The Morgan fingerprint density at radius 3 is 2.58 bits per heavy atom. The number of halogens is 2. The van der Waals surface area contributed by atoms with Crippen molar-refractivity contribution in [1.29, 1.82) is 0 Å². The van der Waals surface area contributed by atoms with Crippen LogP contribution < -0.4 is 9.04 Å². The molecule has 0 aliphatic heterocycles. The molecular weight excluding hydrogens is 548 g/mol. The molecule has 2 aromatic carbocycles. The highest BCUT2D eigenvalue weighted by molar-refractivity contribution is 9.10. The lowest BCUT2D eigenvalue weighted by Crippen LogP contribution is -2.32. The molecular formula is C22H20BrClN4O3S2. The maximum absolute atomic E-state index is 13.3. The molecule has 0 N–H and O–H groups in total. The third-order valence-electron chi connectivity index (χ3n) is 5.03. The summed E-state index contributed by atoms with van der Waals surface area (Å²) in [5.41, 5.74) is 1.50. The molecule has 0 saturated heterocycles. The highest BCUT2D eigenvalue weighted by atomic mass is 79.9. The lowest BCUT2D eigenvalue weighted by atomic mass is 10.2. The summed E-state index contributed by atoms with van der Waals surface area (Å²) in [6.45, 7) is 0. The molecule has 0 fully saturated rings. The Morgan fingerprint density at radius 2 is 1.91 bits per heavy atom. The number of anilines is 1. The highest BCUT2D eigenvalue weighted by Crippen LogP contribution is 2.35. The second kappa shape index (κ2) is 9.84. The van der Waals surface area contributed by atoms with Gasteiger partial charge in [-0.25, -0.2) is 12.7 Å². The van der Waals surface area contributed by atoms with E-state index in [9.17, 15) is 8.42 Å². The number of sulfonamides is 1. The number of methoxy groups -OCH3 is 1. The van der Waals surface area contributed by atoms with Crippen LogP contribution in [-0.2, 0) is 16.4 Å². The molecule has 11 heteroatoms. The number of benzene rings is 2. The van der Waals surface area contributed by atoms with Gasteiger partial charge in [-0.15, -0.1) is 21.5 Å². The molecule has 0 aliphatic carbocycles. The zero-order chi connectivity index (χ0) is 23.6. The Kier molecular flexibility index (Phi) is 7.08. The number of ether oxygens (including phenoxy) is 1. The van der Waals surface area contributed by atoms with Crippen molar-refractivity contribution in [3.8, 4) is 22.1 Å². The smallest absolute Gasteiger partial charge is 0.245 e. The topological polar surface area (TPSA) is 77.3 Å². The van der Waals surface area contributed by atoms with E-state index < -0.39 is 10.0 Å². The first-order valence-electron chi connectivity index (χ1n) is 9.84. The third kappa shape index (κ3) is 5.08. The van der Waals surface area contributed by atoms with Gasteiger partial charge in [-0.2, -0.15) is 0 Å². The van der Waals surface area contributed by atoms with Crippen LogP contribution in [0.15, 0.2) is 64.5 Å². The van der Waals surface area contributed by atoms with Crippen molar-refractivity contribution in [3.63, 3.8) is 0 Å². The van der Waals surface area contributed by atoms with Crippen LogP contribution in [0.1, 0.15) is 5.56 Å². The number of aryl methyl sites for hydroxylation is 1. The Bertz CT molecular complexity index is 1360. The van der Waals surface area contributed by atoms with Crippen molar-refractivity contribution >= 4 is 54.8 Å². The second-order valence-corrected chi connectivity index (χ2v) is 11.5. The van der Waals surface area contributed by atoms with Crippen molar-refractivity contribution in [2.24, 2.45) is 0 Å². The zero-order valence-corrected chi connectivity index (χ0v) is 21.7. The Hall–Kier alpha value is -2.40. The molecule has 0 unspecified atom stereocenters. The molecule has 7 nitrogen and oxygen atoms in total. The molecule has 0 bridgehead atoms. The molecule has 0 saturated carbocycles. The van der Waals surface area contributed by atoms with Crippen LogP contribution in [0.2, 0.25) is 5.02 Å². The molecule has 2 heterocycles. The molecule has 4 rings (SSSR count). The van der Waals surface area contributed by atoms with Crippen molar-refractivity contribution in [2.75, 3.05) is 24.2 Å². The minimum absolute atomic E-state index is 0.0953. The summed E-state index contributed by atoms with van der Waals surface area (Å²) < 4.78 is 35.8. The van der Waals surface area contributed by atoms with Crippen LogP contribution in [0.5, 0.6) is 5.75 Å². The van der Waals surface area contributed by atoms with Crippen molar-refractivity contribution < 1.29 is 13.2 Å². The molecule has 33 heavy (non-hydrogen) atoms. The largest absolute Gasteiger partial charge is 0.495 e. The number of hydrogen-bond donors (Lipinski definition) is 0. The van der Waals surface area contributed by atoms with Crippen LogP contribution in [-0.4, -0.2) is 43.1 Å². The summed E-state index contributed by atoms with van der Waals surface area (Å²) in [4.78, 5) is 0.850. The number of hydrogen-bond acceptors (Lipinski definition) is 6.